The van der Waals surface area contributed by atoms with Crippen LogP contribution in [0.1, 0.15) is 39.5 Å². The van der Waals surface area contributed by atoms with Crippen molar-refractivity contribution in [2.75, 3.05) is 52.6 Å². The van der Waals surface area contributed by atoms with E-state index in [1.807, 2.05) is 6.92 Å². The van der Waals surface area contributed by atoms with Gasteiger partial charge in [0.1, 0.15) is 6.54 Å². The topological polar surface area (TPSA) is 18.5 Å². The van der Waals surface area contributed by atoms with Gasteiger partial charge in [-0.15, -0.1) is 0 Å². The molecule has 0 N–H and O–H groups in total. The summed E-state index contributed by atoms with van der Waals surface area (Å²) in [4.78, 5) is 0. The molecule has 0 aromatic carbocycles. The second-order valence-corrected chi connectivity index (χ2v) is 5.11. The average Bonchev–Trinajstić information content (AvgIpc) is 2.35. The van der Waals surface area contributed by atoms with Gasteiger partial charge in [0.2, 0.25) is 0 Å². The van der Waals surface area contributed by atoms with Crippen LogP contribution in [-0.4, -0.2) is 57.1 Å². The highest BCUT2D eigenvalue weighted by atomic mass is 16.5. The van der Waals surface area contributed by atoms with Crippen LogP contribution in [0.5, 0.6) is 0 Å². The maximum atomic E-state index is 5.67. The van der Waals surface area contributed by atoms with Crippen LogP contribution >= 0.6 is 0 Å². The lowest BCUT2D eigenvalue weighted by molar-refractivity contribution is -0.932. The molecule has 1 saturated heterocycles. The third kappa shape index (κ3) is 5.84. The first kappa shape index (κ1) is 14.9. The second-order valence-electron chi connectivity index (χ2n) is 5.11. The predicted octanol–water partition coefficient (Wildman–Crippen LogP) is 2.45. The Labute approximate surface area is 107 Å². The first-order valence-corrected chi connectivity index (χ1v) is 7.33. The molecule has 0 bridgehead atoms. The monoisotopic (exact) mass is 244 g/mol. The fourth-order valence-electron chi connectivity index (χ4n) is 2.84. The van der Waals surface area contributed by atoms with E-state index in [0.29, 0.717) is 0 Å². The first-order valence-electron chi connectivity index (χ1n) is 7.33. The summed E-state index contributed by atoms with van der Waals surface area (Å²) in [6.07, 6.45) is 5.52. The minimum Gasteiger partial charge on any atom is -0.379 e. The van der Waals surface area contributed by atoms with Gasteiger partial charge in [0.15, 0.2) is 0 Å². The fraction of sp³-hybridized carbons (Fsp3) is 1.00. The molecular weight excluding hydrogens is 214 g/mol. The molecule has 0 unspecified atom stereocenters. The number of hydrogen-bond acceptors (Lipinski definition) is 2. The third-order valence-corrected chi connectivity index (χ3v) is 3.75. The fourth-order valence-corrected chi connectivity index (χ4v) is 2.84. The number of nitrogens with zero attached hydrogens (tertiary/aromatic N) is 1. The van der Waals surface area contributed by atoms with Crippen molar-refractivity contribution in [2.45, 2.75) is 39.5 Å². The van der Waals surface area contributed by atoms with Crippen LogP contribution in [0.15, 0.2) is 0 Å². The zero-order valence-electron chi connectivity index (χ0n) is 11.7. The molecule has 0 radical (unpaired) electrons. The molecule has 1 rings (SSSR count). The minimum atomic E-state index is 0.740. The van der Waals surface area contributed by atoms with E-state index in [1.165, 1.54) is 56.3 Å². The summed E-state index contributed by atoms with van der Waals surface area (Å²) in [5.74, 6) is 0. The zero-order valence-corrected chi connectivity index (χ0v) is 11.7. The Morgan fingerprint density at radius 3 is 2.18 bits per heavy atom. The molecule has 0 spiro atoms. The number of rotatable bonds is 9. The molecule has 1 aliphatic heterocycles. The van der Waals surface area contributed by atoms with Crippen molar-refractivity contribution < 1.29 is 14.0 Å². The summed E-state index contributed by atoms with van der Waals surface area (Å²) in [6, 6.07) is 0. The molecule has 0 aromatic heterocycles. The Morgan fingerprint density at radius 1 is 0.824 bits per heavy atom. The van der Waals surface area contributed by atoms with Crippen molar-refractivity contribution in [2.24, 2.45) is 0 Å². The molecule has 1 heterocycles. The van der Waals surface area contributed by atoms with Crippen LogP contribution in [0, 0.1) is 0 Å². The average molecular weight is 244 g/mol. The van der Waals surface area contributed by atoms with Crippen LogP contribution in [0.3, 0.4) is 0 Å². The quantitative estimate of drug-likeness (QED) is 0.458. The first-order chi connectivity index (χ1) is 8.33. The van der Waals surface area contributed by atoms with Crippen molar-refractivity contribution in [3.8, 4) is 0 Å². The summed E-state index contributed by atoms with van der Waals surface area (Å²) in [5, 5.41) is 0. The smallest absolute Gasteiger partial charge is 0.102 e. The number of likely N-dealkylation sites (tertiary alicyclic amines) is 1. The summed E-state index contributed by atoms with van der Waals surface area (Å²) in [5.41, 5.74) is 0. The molecular formula is C14H30NO2+. The van der Waals surface area contributed by atoms with Crippen molar-refractivity contribution in [1.29, 1.82) is 0 Å². The van der Waals surface area contributed by atoms with E-state index in [2.05, 4.69) is 6.92 Å². The number of piperidine rings is 1. The summed E-state index contributed by atoms with van der Waals surface area (Å²) >= 11 is 0. The lowest BCUT2D eigenvalue weighted by Crippen LogP contribution is -2.53. The van der Waals surface area contributed by atoms with E-state index in [9.17, 15) is 0 Å². The van der Waals surface area contributed by atoms with Crippen LogP contribution in [0.4, 0.5) is 0 Å². The maximum Gasteiger partial charge on any atom is 0.102 e. The number of hydrogen-bond donors (Lipinski definition) is 0. The molecule has 1 fully saturated rings. The predicted molar refractivity (Wildman–Crippen MR) is 71.2 cm³/mol. The molecule has 102 valence electrons. The van der Waals surface area contributed by atoms with Gasteiger partial charge in [-0.3, -0.25) is 0 Å². The van der Waals surface area contributed by atoms with Crippen LogP contribution < -0.4 is 0 Å². The van der Waals surface area contributed by atoms with E-state index >= 15 is 0 Å². The van der Waals surface area contributed by atoms with Crippen molar-refractivity contribution in [3.63, 3.8) is 0 Å². The Kier molecular flexibility index (Phi) is 7.82. The number of quaternary nitrogens is 1. The van der Waals surface area contributed by atoms with Crippen LogP contribution in [-0.2, 0) is 9.47 Å². The van der Waals surface area contributed by atoms with E-state index in [1.54, 1.807) is 0 Å². The Hall–Kier alpha value is -0.120. The number of ether oxygens (including phenoxy) is 2. The van der Waals surface area contributed by atoms with Gasteiger partial charge < -0.3 is 14.0 Å². The van der Waals surface area contributed by atoms with Gasteiger partial charge in [-0.25, -0.2) is 0 Å². The SMILES string of the molecule is CCC[N+]1(CCOCCOCC)CCCCC1. The molecule has 3 nitrogen and oxygen atoms in total. The minimum absolute atomic E-state index is 0.740. The highest BCUT2D eigenvalue weighted by Crippen LogP contribution is 2.19. The van der Waals surface area contributed by atoms with Gasteiger partial charge in [0, 0.05) is 6.61 Å². The van der Waals surface area contributed by atoms with Gasteiger partial charge in [0.25, 0.3) is 0 Å². The van der Waals surface area contributed by atoms with E-state index in [4.69, 9.17) is 9.47 Å². The highest BCUT2D eigenvalue weighted by Gasteiger charge is 2.28. The van der Waals surface area contributed by atoms with E-state index in [0.717, 1.165) is 26.4 Å². The van der Waals surface area contributed by atoms with Gasteiger partial charge in [0.05, 0.1) is 39.5 Å². The summed E-state index contributed by atoms with van der Waals surface area (Å²) in [6.45, 7) is 12.7. The molecule has 0 atom stereocenters. The van der Waals surface area contributed by atoms with Gasteiger partial charge in [-0.2, -0.15) is 0 Å². The van der Waals surface area contributed by atoms with E-state index < -0.39 is 0 Å². The van der Waals surface area contributed by atoms with Crippen molar-refractivity contribution in [1.82, 2.24) is 0 Å². The molecule has 0 aliphatic carbocycles. The van der Waals surface area contributed by atoms with Gasteiger partial charge >= 0.3 is 0 Å². The zero-order chi connectivity index (χ0) is 12.4. The Morgan fingerprint density at radius 2 is 1.53 bits per heavy atom. The lowest BCUT2D eigenvalue weighted by atomic mass is 10.1. The third-order valence-electron chi connectivity index (χ3n) is 3.75. The van der Waals surface area contributed by atoms with E-state index in [-0.39, 0.29) is 0 Å². The van der Waals surface area contributed by atoms with Crippen molar-refractivity contribution >= 4 is 0 Å². The second kappa shape index (κ2) is 8.90. The molecule has 1 aliphatic rings. The Bertz CT molecular complexity index is 174. The summed E-state index contributed by atoms with van der Waals surface area (Å²) in [7, 11) is 0. The standard InChI is InChI=1S/C14H30NO2/c1-3-8-15(9-6-5-7-10-15)11-12-17-14-13-16-4-2/h3-14H2,1-2H3/q+1. The molecule has 3 heteroatoms. The normalized spacial score (nSPS) is 19.4. The van der Waals surface area contributed by atoms with Gasteiger partial charge in [-0.05, 0) is 32.6 Å². The van der Waals surface area contributed by atoms with Gasteiger partial charge in [-0.1, -0.05) is 6.92 Å². The maximum absolute atomic E-state index is 5.67. The molecule has 0 saturated carbocycles. The van der Waals surface area contributed by atoms with Crippen molar-refractivity contribution in [3.05, 3.63) is 0 Å². The Balaban J connectivity index is 2.15. The highest BCUT2D eigenvalue weighted by molar-refractivity contribution is 4.54. The molecule has 0 aromatic rings. The van der Waals surface area contributed by atoms with Crippen LogP contribution in [0.2, 0.25) is 0 Å². The molecule has 17 heavy (non-hydrogen) atoms. The lowest BCUT2D eigenvalue weighted by Gasteiger charge is -2.41. The molecule has 0 amide bonds. The summed E-state index contributed by atoms with van der Waals surface area (Å²) < 4.78 is 12.2. The van der Waals surface area contributed by atoms with Crippen LogP contribution in [0.25, 0.3) is 0 Å². The largest absolute Gasteiger partial charge is 0.379 e.